The number of hydrogen-bond acceptors (Lipinski definition) is 3. The van der Waals surface area contributed by atoms with Crippen LogP contribution in [0.2, 0.25) is 5.02 Å². The number of fused-ring (bicyclic) bond motifs is 1. The maximum atomic E-state index is 11.6. The Bertz CT molecular complexity index is 548. The van der Waals surface area contributed by atoms with E-state index >= 15 is 0 Å². The van der Waals surface area contributed by atoms with Crippen molar-refractivity contribution in [3.05, 3.63) is 29.0 Å². The Labute approximate surface area is 97.8 Å². The monoisotopic (exact) mass is 238 g/mol. The Morgan fingerprint density at radius 1 is 1.56 bits per heavy atom. The van der Waals surface area contributed by atoms with Gasteiger partial charge in [0.05, 0.1) is 17.6 Å². The first-order valence-electron chi connectivity index (χ1n) is 4.92. The van der Waals surface area contributed by atoms with Gasteiger partial charge in [0, 0.05) is 12.1 Å². The molecule has 0 aliphatic heterocycles. The molecule has 5 heteroatoms. The summed E-state index contributed by atoms with van der Waals surface area (Å²) in [7, 11) is 1.77. The number of imidazole rings is 1. The van der Waals surface area contributed by atoms with E-state index in [4.69, 9.17) is 16.3 Å². The normalized spacial score (nSPS) is 10.7. The zero-order chi connectivity index (χ0) is 11.7. The minimum Gasteiger partial charge on any atom is -0.460 e. The number of aromatic nitrogens is 2. The molecule has 0 fully saturated rings. The molecule has 84 valence electrons. The molecule has 0 saturated carbocycles. The Balaban J connectivity index is 2.55. The molecule has 0 radical (unpaired) electrons. The fourth-order valence-electron chi connectivity index (χ4n) is 1.55. The van der Waals surface area contributed by atoms with E-state index in [1.165, 1.54) is 0 Å². The molecule has 2 aromatic rings. The van der Waals surface area contributed by atoms with E-state index in [2.05, 4.69) is 4.98 Å². The summed E-state index contributed by atoms with van der Waals surface area (Å²) < 4.78 is 6.61. The quantitative estimate of drug-likeness (QED) is 0.755. The van der Waals surface area contributed by atoms with Crippen LogP contribution in [0.3, 0.4) is 0 Å². The molecular formula is C11H11ClN2O2. The average Bonchev–Trinajstić information content (AvgIpc) is 2.56. The first kappa shape index (κ1) is 11.0. The summed E-state index contributed by atoms with van der Waals surface area (Å²) in [6, 6.07) is 5.31. The standard InChI is InChI=1S/C11H11ClN2O2/c1-3-16-11(15)10-13-8-6-7(12)4-5-9(8)14(10)2/h4-6H,3H2,1-2H3. The SMILES string of the molecule is CCOC(=O)c1nc2cc(Cl)ccc2n1C. The van der Waals surface area contributed by atoms with E-state index in [0.29, 0.717) is 23.0 Å². The molecule has 0 unspecified atom stereocenters. The van der Waals surface area contributed by atoms with Gasteiger partial charge < -0.3 is 9.30 Å². The summed E-state index contributed by atoms with van der Waals surface area (Å²) in [5, 5.41) is 0.598. The van der Waals surface area contributed by atoms with Crippen LogP contribution < -0.4 is 0 Å². The third-order valence-corrected chi connectivity index (χ3v) is 2.54. The fraction of sp³-hybridized carbons (Fsp3) is 0.273. The number of hydrogen-bond donors (Lipinski definition) is 0. The molecule has 0 aliphatic carbocycles. The summed E-state index contributed by atoms with van der Waals surface area (Å²) >= 11 is 5.86. The molecule has 0 saturated heterocycles. The van der Waals surface area contributed by atoms with Gasteiger partial charge in [-0.05, 0) is 25.1 Å². The predicted molar refractivity (Wildman–Crippen MR) is 61.7 cm³/mol. The third kappa shape index (κ3) is 1.76. The zero-order valence-electron chi connectivity index (χ0n) is 9.03. The lowest BCUT2D eigenvalue weighted by Crippen LogP contribution is -2.11. The smallest absolute Gasteiger partial charge is 0.374 e. The van der Waals surface area contributed by atoms with Crippen LogP contribution >= 0.6 is 11.6 Å². The highest BCUT2D eigenvalue weighted by Crippen LogP contribution is 2.19. The van der Waals surface area contributed by atoms with E-state index in [1.54, 1.807) is 30.7 Å². The first-order valence-corrected chi connectivity index (χ1v) is 5.30. The van der Waals surface area contributed by atoms with Crippen molar-refractivity contribution in [3.8, 4) is 0 Å². The second-order valence-electron chi connectivity index (χ2n) is 3.35. The highest BCUT2D eigenvalue weighted by molar-refractivity contribution is 6.31. The third-order valence-electron chi connectivity index (χ3n) is 2.30. The summed E-state index contributed by atoms with van der Waals surface area (Å²) in [6.45, 7) is 2.10. The van der Waals surface area contributed by atoms with Crippen LogP contribution in [-0.4, -0.2) is 22.1 Å². The lowest BCUT2D eigenvalue weighted by molar-refractivity contribution is 0.0508. The second-order valence-corrected chi connectivity index (χ2v) is 3.78. The summed E-state index contributed by atoms with van der Waals surface area (Å²) in [5.74, 6) is -0.128. The molecule has 0 bridgehead atoms. The largest absolute Gasteiger partial charge is 0.460 e. The van der Waals surface area contributed by atoms with E-state index in [-0.39, 0.29) is 0 Å². The van der Waals surface area contributed by atoms with Gasteiger partial charge in [-0.15, -0.1) is 0 Å². The molecule has 0 spiro atoms. The molecule has 0 atom stereocenters. The average molecular weight is 239 g/mol. The van der Waals surface area contributed by atoms with Gasteiger partial charge in [0.1, 0.15) is 0 Å². The van der Waals surface area contributed by atoms with Crippen molar-refractivity contribution in [2.24, 2.45) is 7.05 Å². The van der Waals surface area contributed by atoms with Crippen LogP contribution in [0.25, 0.3) is 11.0 Å². The molecule has 0 aliphatic rings. The Morgan fingerprint density at radius 2 is 2.31 bits per heavy atom. The number of esters is 1. The Hall–Kier alpha value is -1.55. The molecule has 2 rings (SSSR count). The van der Waals surface area contributed by atoms with Gasteiger partial charge in [0.2, 0.25) is 5.82 Å². The number of aryl methyl sites for hydroxylation is 1. The number of carbonyl (C=O) groups is 1. The minimum atomic E-state index is -0.419. The first-order chi connectivity index (χ1) is 7.63. The van der Waals surface area contributed by atoms with Crippen LogP contribution in [0.15, 0.2) is 18.2 Å². The van der Waals surface area contributed by atoms with Crippen molar-refractivity contribution in [3.63, 3.8) is 0 Å². The predicted octanol–water partition coefficient (Wildman–Crippen LogP) is 2.40. The number of nitrogens with zero attached hydrogens (tertiary/aromatic N) is 2. The van der Waals surface area contributed by atoms with Crippen LogP contribution in [0.4, 0.5) is 0 Å². The maximum absolute atomic E-state index is 11.6. The van der Waals surface area contributed by atoms with Crippen molar-refractivity contribution < 1.29 is 9.53 Å². The lowest BCUT2D eigenvalue weighted by atomic mass is 10.3. The number of benzene rings is 1. The number of rotatable bonds is 2. The summed E-state index contributed by atoms with van der Waals surface area (Å²) in [4.78, 5) is 15.8. The summed E-state index contributed by atoms with van der Waals surface area (Å²) in [5.41, 5.74) is 1.55. The molecule has 0 N–H and O–H groups in total. The van der Waals surface area contributed by atoms with Crippen molar-refractivity contribution in [2.75, 3.05) is 6.61 Å². The van der Waals surface area contributed by atoms with Gasteiger partial charge in [0.25, 0.3) is 0 Å². The Kier molecular flexibility index (Phi) is 2.83. The lowest BCUT2D eigenvalue weighted by Gasteiger charge is -2.01. The van der Waals surface area contributed by atoms with Crippen molar-refractivity contribution in [2.45, 2.75) is 6.92 Å². The van der Waals surface area contributed by atoms with Gasteiger partial charge in [-0.2, -0.15) is 0 Å². The zero-order valence-corrected chi connectivity index (χ0v) is 9.78. The Morgan fingerprint density at radius 3 is 3.00 bits per heavy atom. The number of ether oxygens (including phenoxy) is 1. The van der Waals surface area contributed by atoms with E-state index < -0.39 is 5.97 Å². The molecule has 0 amide bonds. The van der Waals surface area contributed by atoms with Crippen LogP contribution in [-0.2, 0) is 11.8 Å². The van der Waals surface area contributed by atoms with E-state index in [0.717, 1.165) is 5.52 Å². The minimum absolute atomic E-state index is 0.291. The highest BCUT2D eigenvalue weighted by Gasteiger charge is 2.16. The molecule has 1 heterocycles. The van der Waals surface area contributed by atoms with Gasteiger partial charge in [-0.3, -0.25) is 0 Å². The molecule has 16 heavy (non-hydrogen) atoms. The molecular weight excluding hydrogens is 228 g/mol. The molecule has 1 aromatic heterocycles. The van der Waals surface area contributed by atoms with Gasteiger partial charge in [-0.1, -0.05) is 11.6 Å². The maximum Gasteiger partial charge on any atom is 0.374 e. The molecule has 4 nitrogen and oxygen atoms in total. The van der Waals surface area contributed by atoms with E-state index in [9.17, 15) is 4.79 Å². The van der Waals surface area contributed by atoms with Gasteiger partial charge in [0.15, 0.2) is 0 Å². The summed E-state index contributed by atoms with van der Waals surface area (Å²) in [6.07, 6.45) is 0. The molecule has 1 aromatic carbocycles. The van der Waals surface area contributed by atoms with Crippen molar-refractivity contribution >= 4 is 28.6 Å². The van der Waals surface area contributed by atoms with Crippen LogP contribution in [0, 0.1) is 0 Å². The van der Waals surface area contributed by atoms with Crippen molar-refractivity contribution in [1.82, 2.24) is 9.55 Å². The van der Waals surface area contributed by atoms with Crippen LogP contribution in [0.1, 0.15) is 17.5 Å². The van der Waals surface area contributed by atoms with E-state index in [1.807, 2.05) is 6.07 Å². The topological polar surface area (TPSA) is 44.1 Å². The highest BCUT2D eigenvalue weighted by atomic mass is 35.5. The van der Waals surface area contributed by atoms with Gasteiger partial charge >= 0.3 is 5.97 Å². The van der Waals surface area contributed by atoms with Crippen LogP contribution in [0.5, 0.6) is 0 Å². The number of carbonyl (C=O) groups excluding carboxylic acids is 1. The van der Waals surface area contributed by atoms with Crippen molar-refractivity contribution in [1.29, 1.82) is 0 Å². The fourth-order valence-corrected chi connectivity index (χ4v) is 1.72. The van der Waals surface area contributed by atoms with Gasteiger partial charge in [-0.25, -0.2) is 9.78 Å². The number of halogens is 1. The second kappa shape index (κ2) is 4.14.